The molecule has 0 aliphatic carbocycles. The molecule has 3 rings (SSSR count). The predicted octanol–water partition coefficient (Wildman–Crippen LogP) is 4.30. The van der Waals surface area contributed by atoms with E-state index in [0.717, 1.165) is 6.42 Å². The van der Waals surface area contributed by atoms with Crippen LogP contribution >= 0.6 is 23.1 Å². The van der Waals surface area contributed by atoms with E-state index in [2.05, 4.69) is 10.3 Å². The molecule has 136 valence electrons. The molecule has 3 aromatic rings. The summed E-state index contributed by atoms with van der Waals surface area (Å²) < 4.78 is 15.9. The van der Waals surface area contributed by atoms with Crippen molar-refractivity contribution in [1.29, 1.82) is 0 Å². The van der Waals surface area contributed by atoms with Crippen LogP contribution < -0.4 is 10.9 Å². The third-order valence-electron chi connectivity index (χ3n) is 3.99. The van der Waals surface area contributed by atoms with Crippen LogP contribution in [0.4, 0.5) is 10.1 Å². The van der Waals surface area contributed by atoms with Crippen molar-refractivity contribution in [3.63, 3.8) is 0 Å². The molecule has 0 aliphatic heterocycles. The number of carbonyl (C=O) groups excluding carboxylic acids is 1. The first kappa shape index (κ1) is 18.6. The molecule has 0 aliphatic rings. The molecular formula is C18H18FN3O2S2. The number of benzene rings is 1. The zero-order chi connectivity index (χ0) is 18.7. The van der Waals surface area contributed by atoms with E-state index in [1.807, 2.05) is 19.2 Å². The second-order valence-corrected chi connectivity index (χ2v) is 7.64. The summed E-state index contributed by atoms with van der Waals surface area (Å²) in [5.74, 6) is -0.803. The van der Waals surface area contributed by atoms with Gasteiger partial charge in [0, 0.05) is 6.04 Å². The Bertz CT molecular complexity index is 1000. The van der Waals surface area contributed by atoms with Crippen molar-refractivity contribution in [1.82, 2.24) is 9.55 Å². The minimum absolute atomic E-state index is 0.0290. The van der Waals surface area contributed by atoms with Gasteiger partial charge in [0.05, 0.1) is 17.0 Å². The molecule has 1 amide bonds. The Morgan fingerprint density at radius 3 is 2.88 bits per heavy atom. The summed E-state index contributed by atoms with van der Waals surface area (Å²) in [6.07, 6.45) is 0.771. The Morgan fingerprint density at radius 2 is 2.15 bits per heavy atom. The first-order valence-electron chi connectivity index (χ1n) is 8.18. The third kappa shape index (κ3) is 3.81. The number of halogens is 1. The van der Waals surface area contributed by atoms with Crippen molar-refractivity contribution in [3.8, 4) is 0 Å². The second kappa shape index (κ2) is 8.01. The third-order valence-corrected chi connectivity index (χ3v) is 5.84. The van der Waals surface area contributed by atoms with Crippen LogP contribution in [0.2, 0.25) is 0 Å². The number of nitrogens with zero attached hydrogens (tertiary/aromatic N) is 2. The average molecular weight is 391 g/mol. The van der Waals surface area contributed by atoms with Gasteiger partial charge >= 0.3 is 0 Å². The van der Waals surface area contributed by atoms with Crippen molar-refractivity contribution in [2.24, 2.45) is 0 Å². The standard InChI is InChI=1S/C18H18FN3O2S2/c1-3-11(2)22-17(24)16-14(8-9-25-16)21-18(22)26-10-15(23)20-13-7-5-4-6-12(13)19/h4-9,11H,3,10H2,1-2H3,(H,20,23)/t11-/m1/s1. The average Bonchev–Trinajstić information content (AvgIpc) is 3.10. The van der Waals surface area contributed by atoms with Crippen LogP contribution in [0.3, 0.4) is 0 Å². The minimum Gasteiger partial charge on any atom is -0.323 e. The number of carbonyl (C=O) groups is 1. The Labute approximate surface area is 158 Å². The quantitative estimate of drug-likeness (QED) is 0.503. The van der Waals surface area contributed by atoms with Crippen LogP contribution in [0, 0.1) is 5.82 Å². The maximum absolute atomic E-state index is 13.6. The van der Waals surface area contributed by atoms with Crippen LogP contribution in [0.25, 0.3) is 10.2 Å². The van der Waals surface area contributed by atoms with Gasteiger partial charge in [-0.3, -0.25) is 14.2 Å². The van der Waals surface area contributed by atoms with Crippen molar-refractivity contribution in [2.45, 2.75) is 31.5 Å². The molecular weight excluding hydrogens is 373 g/mol. The van der Waals surface area contributed by atoms with Gasteiger partial charge in [0.15, 0.2) is 5.16 Å². The zero-order valence-electron chi connectivity index (χ0n) is 14.4. The number of aromatic nitrogens is 2. The molecule has 0 fully saturated rings. The SMILES string of the molecule is CC[C@@H](C)n1c(SCC(=O)Nc2ccccc2F)nc2ccsc2c1=O. The van der Waals surface area contributed by atoms with E-state index in [1.165, 1.54) is 35.2 Å². The van der Waals surface area contributed by atoms with Crippen LogP contribution in [-0.2, 0) is 4.79 Å². The maximum Gasteiger partial charge on any atom is 0.272 e. The molecule has 5 nitrogen and oxygen atoms in total. The molecule has 26 heavy (non-hydrogen) atoms. The predicted molar refractivity (Wildman–Crippen MR) is 105 cm³/mol. The number of fused-ring (bicyclic) bond motifs is 1. The smallest absolute Gasteiger partial charge is 0.272 e. The maximum atomic E-state index is 13.6. The van der Waals surface area contributed by atoms with Gasteiger partial charge in [-0.05, 0) is 36.9 Å². The summed E-state index contributed by atoms with van der Waals surface area (Å²) >= 11 is 2.54. The van der Waals surface area contributed by atoms with E-state index >= 15 is 0 Å². The van der Waals surface area contributed by atoms with Gasteiger partial charge in [-0.1, -0.05) is 30.8 Å². The first-order valence-corrected chi connectivity index (χ1v) is 10.0. The summed E-state index contributed by atoms with van der Waals surface area (Å²) in [7, 11) is 0. The molecule has 0 bridgehead atoms. The topological polar surface area (TPSA) is 64.0 Å². The molecule has 0 saturated carbocycles. The lowest BCUT2D eigenvalue weighted by Crippen LogP contribution is -2.26. The number of thiophene rings is 1. The number of nitrogens with one attached hydrogen (secondary N) is 1. The molecule has 0 unspecified atom stereocenters. The fourth-order valence-electron chi connectivity index (χ4n) is 2.46. The Morgan fingerprint density at radius 1 is 1.38 bits per heavy atom. The number of hydrogen-bond donors (Lipinski definition) is 1. The molecule has 2 heterocycles. The van der Waals surface area contributed by atoms with Gasteiger partial charge in [-0.25, -0.2) is 9.37 Å². The molecule has 2 aromatic heterocycles. The molecule has 1 atom stereocenters. The Kier molecular flexibility index (Phi) is 5.73. The normalized spacial score (nSPS) is 12.3. The van der Waals surface area contributed by atoms with E-state index in [9.17, 15) is 14.0 Å². The van der Waals surface area contributed by atoms with Crippen molar-refractivity contribution >= 4 is 44.9 Å². The van der Waals surface area contributed by atoms with Gasteiger partial charge in [0.25, 0.3) is 5.56 Å². The van der Waals surface area contributed by atoms with Crippen molar-refractivity contribution in [3.05, 3.63) is 51.9 Å². The lowest BCUT2D eigenvalue weighted by molar-refractivity contribution is -0.113. The number of anilines is 1. The van der Waals surface area contributed by atoms with Gasteiger partial charge in [0.2, 0.25) is 5.91 Å². The summed E-state index contributed by atoms with van der Waals surface area (Å²) in [5.41, 5.74) is 0.687. The summed E-state index contributed by atoms with van der Waals surface area (Å²) in [6.45, 7) is 3.95. The highest BCUT2D eigenvalue weighted by Gasteiger charge is 2.17. The number of rotatable bonds is 6. The highest BCUT2D eigenvalue weighted by Crippen LogP contribution is 2.24. The summed E-state index contributed by atoms with van der Waals surface area (Å²) in [6, 6.07) is 7.77. The van der Waals surface area contributed by atoms with Gasteiger partial charge in [-0.15, -0.1) is 11.3 Å². The molecule has 1 aromatic carbocycles. The lowest BCUT2D eigenvalue weighted by atomic mass is 10.2. The molecule has 1 N–H and O–H groups in total. The zero-order valence-corrected chi connectivity index (χ0v) is 16.0. The van der Waals surface area contributed by atoms with Gasteiger partial charge in [-0.2, -0.15) is 0 Å². The first-order chi connectivity index (χ1) is 12.5. The number of thioether (sulfide) groups is 1. The molecule has 0 saturated heterocycles. The Hall–Kier alpha value is -2.19. The van der Waals surface area contributed by atoms with E-state index in [-0.39, 0.29) is 28.9 Å². The number of hydrogen-bond acceptors (Lipinski definition) is 5. The van der Waals surface area contributed by atoms with Crippen LogP contribution in [0.1, 0.15) is 26.3 Å². The van der Waals surface area contributed by atoms with Gasteiger partial charge < -0.3 is 5.32 Å². The monoisotopic (exact) mass is 391 g/mol. The molecule has 8 heteroatoms. The Balaban J connectivity index is 1.83. The molecule has 0 radical (unpaired) electrons. The van der Waals surface area contributed by atoms with Crippen molar-refractivity contribution in [2.75, 3.05) is 11.1 Å². The second-order valence-electron chi connectivity index (χ2n) is 5.78. The van der Waals surface area contributed by atoms with E-state index in [0.29, 0.717) is 15.4 Å². The highest BCUT2D eigenvalue weighted by atomic mass is 32.2. The summed E-state index contributed by atoms with van der Waals surface area (Å²) in [4.78, 5) is 29.5. The lowest BCUT2D eigenvalue weighted by Gasteiger charge is -2.17. The van der Waals surface area contributed by atoms with Crippen LogP contribution in [0.15, 0.2) is 45.7 Å². The van der Waals surface area contributed by atoms with E-state index in [1.54, 1.807) is 22.8 Å². The highest BCUT2D eigenvalue weighted by molar-refractivity contribution is 7.99. The fraction of sp³-hybridized carbons (Fsp3) is 0.278. The number of para-hydroxylation sites is 1. The fourth-order valence-corrected chi connectivity index (χ4v) is 4.12. The largest absolute Gasteiger partial charge is 0.323 e. The van der Waals surface area contributed by atoms with Gasteiger partial charge in [0.1, 0.15) is 10.5 Å². The van der Waals surface area contributed by atoms with Crippen LogP contribution in [-0.4, -0.2) is 21.2 Å². The van der Waals surface area contributed by atoms with Crippen molar-refractivity contribution < 1.29 is 9.18 Å². The summed E-state index contributed by atoms with van der Waals surface area (Å²) in [5, 5.41) is 4.87. The van der Waals surface area contributed by atoms with E-state index in [4.69, 9.17) is 0 Å². The van der Waals surface area contributed by atoms with E-state index < -0.39 is 5.82 Å². The minimum atomic E-state index is -0.486. The molecule has 0 spiro atoms. The number of amides is 1. The van der Waals surface area contributed by atoms with Crippen LogP contribution in [0.5, 0.6) is 0 Å².